The molecule has 278 valence electrons. The van der Waals surface area contributed by atoms with Crippen LogP contribution in [0.25, 0.3) is 10.8 Å². The van der Waals surface area contributed by atoms with Gasteiger partial charge in [-0.05, 0) is 53.3 Å². The van der Waals surface area contributed by atoms with Gasteiger partial charge in [-0.25, -0.2) is 0 Å². The van der Waals surface area contributed by atoms with E-state index in [1.807, 2.05) is 103 Å². The second-order valence-electron chi connectivity index (χ2n) is 14.1. The van der Waals surface area contributed by atoms with E-state index in [1.54, 1.807) is 17.1 Å². The van der Waals surface area contributed by atoms with Crippen LogP contribution in [-0.4, -0.2) is 71.1 Å². The van der Waals surface area contributed by atoms with Gasteiger partial charge in [-0.1, -0.05) is 103 Å². The van der Waals surface area contributed by atoms with Crippen molar-refractivity contribution in [1.82, 2.24) is 10.2 Å². The zero-order chi connectivity index (χ0) is 37.8. The molecule has 7 atom stereocenters. The third-order valence-corrected chi connectivity index (χ3v) is 11.0. The van der Waals surface area contributed by atoms with Crippen molar-refractivity contribution in [3.63, 3.8) is 0 Å². The molecule has 0 radical (unpaired) electrons. The molecule has 0 aliphatic carbocycles. The topological polar surface area (TPSA) is 125 Å². The number of likely N-dealkylation sites (tertiary alicyclic amines) is 1. The molecule has 10 heteroatoms. The van der Waals surface area contributed by atoms with Gasteiger partial charge in [-0.15, -0.1) is 13.2 Å². The van der Waals surface area contributed by atoms with Gasteiger partial charge in [-0.3, -0.25) is 19.2 Å². The van der Waals surface area contributed by atoms with Crippen molar-refractivity contribution in [2.24, 2.45) is 11.8 Å². The first-order valence-corrected chi connectivity index (χ1v) is 18.5. The second-order valence-corrected chi connectivity index (χ2v) is 14.1. The number of hydrogen-bond acceptors (Lipinski definition) is 7. The van der Waals surface area contributed by atoms with Crippen LogP contribution < -0.4 is 10.2 Å². The summed E-state index contributed by atoms with van der Waals surface area (Å²) < 4.78 is 12.9. The minimum Gasteiger partial charge on any atom is -0.455 e. The van der Waals surface area contributed by atoms with Gasteiger partial charge in [0.15, 0.2) is 0 Å². The van der Waals surface area contributed by atoms with Crippen LogP contribution >= 0.6 is 0 Å². The fraction of sp³-hybridized carbons (Fsp3) is 0.318. The van der Waals surface area contributed by atoms with Gasteiger partial charge < -0.3 is 29.7 Å². The predicted octanol–water partition coefficient (Wildman–Crippen LogP) is 5.83. The first-order chi connectivity index (χ1) is 26.3. The smallest absolute Gasteiger partial charge is 0.313 e. The van der Waals surface area contributed by atoms with E-state index >= 15 is 9.59 Å². The Balaban J connectivity index is 1.26. The lowest BCUT2D eigenvalue weighted by Gasteiger charge is -2.39. The van der Waals surface area contributed by atoms with Crippen LogP contribution in [0.4, 0.5) is 5.69 Å². The summed E-state index contributed by atoms with van der Waals surface area (Å²) in [6.45, 7) is 7.33. The van der Waals surface area contributed by atoms with Crippen molar-refractivity contribution < 1.29 is 33.8 Å². The molecule has 1 spiro atoms. The molecule has 7 rings (SSSR count). The fourth-order valence-corrected chi connectivity index (χ4v) is 8.59. The summed E-state index contributed by atoms with van der Waals surface area (Å²) in [5, 5.41) is 15.8. The largest absolute Gasteiger partial charge is 0.455 e. The molecule has 10 nitrogen and oxygen atoms in total. The highest BCUT2D eigenvalue weighted by Gasteiger charge is 2.76. The van der Waals surface area contributed by atoms with Crippen molar-refractivity contribution >= 4 is 40.2 Å². The van der Waals surface area contributed by atoms with Gasteiger partial charge in [0.25, 0.3) is 5.91 Å². The molecule has 3 aliphatic rings. The molecular formula is C44H45N3O7. The average Bonchev–Trinajstić information content (AvgIpc) is 3.85. The molecular weight excluding hydrogens is 682 g/mol. The first-order valence-electron chi connectivity index (χ1n) is 18.5. The number of benzene rings is 4. The van der Waals surface area contributed by atoms with Gasteiger partial charge >= 0.3 is 5.97 Å². The summed E-state index contributed by atoms with van der Waals surface area (Å²) in [5.74, 6) is -3.75. The van der Waals surface area contributed by atoms with Crippen LogP contribution in [0.3, 0.4) is 0 Å². The second kappa shape index (κ2) is 15.8. The SMILES string of the molecule is C=CCCC(=O)NC[C@@H](OC(=O)[C@@H]1[C@@H]2CC[C@]3(O2)[C@H](C(=O)N(CC=C)c2ccc4ccccc4c2)N([C@H](CO)c2ccccc2)C(=O)[C@@H]13)c1ccccc1. The number of aliphatic hydroxyl groups is 1. The Hall–Kier alpha value is -5.58. The lowest BCUT2D eigenvalue weighted by atomic mass is 9.70. The number of fused-ring (bicyclic) bond motifs is 2. The summed E-state index contributed by atoms with van der Waals surface area (Å²) in [4.78, 5) is 60.3. The van der Waals surface area contributed by atoms with Crippen molar-refractivity contribution in [3.05, 3.63) is 140 Å². The van der Waals surface area contributed by atoms with E-state index in [4.69, 9.17) is 9.47 Å². The number of aliphatic hydroxyl groups excluding tert-OH is 1. The Morgan fingerprint density at radius 2 is 1.63 bits per heavy atom. The highest BCUT2D eigenvalue weighted by atomic mass is 16.6. The molecule has 0 aromatic heterocycles. The lowest BCUT2D eigenvalue weighted by Crippen LogP contribution is -2.57. The van der Waals surface area contributed by atoms with Gasteiger partial charge in [0, 0.05) is 18.7 Å². The quantitative estimate of drug-likeness (QED) is 0.117. The first kappa shape index (κ1) is 36.8. The van der Waals surface area contributed by atoms with E-state index in [0.29, 0.717) is 36.1 Å². The van der Waals surface area contributed by atoms with Gasteiger partial charge in [-0.2, -0.15) is 0 Å². The fourth-order valence-electron chi connectivity index (χ4n) is 8.59. The summed E-state index contributed by atoms with van der Waals surface area (Å²) in [6.07, 6.45) is 3.34. The standard InChI is InChI=1S/C44H45N3O7/c1-3-5-20-37(49)45-27-36(31-17-10-7-11-18-31)53-43(52)38-35-23-24-44(54-35)39(38)41(50)47(34(28-48)30-15-8-6-9-16-30)40(44)42(51)46(25-4-2)33-22-21-29-14-12-13-19-32(29)26-33/h3-4,6-19,21-22,26,34-36,38-40,48H,1-2,5,20,23-25,27-28H2,(H,45,49)/t34-,35+,36-,38-,39-,40+,44-/m1/s1. The third-order valence-electron chi connectivity index (χ3n) is 11.0. The van der Waals surface area contributed by atoms with E-state index in [-0.39, 0.29) is 25.4 Å². The molecule has 3 aliphatic heterocycles. The van der Waals surface area contributed by atoms with Crippen LogP contribution in [0.1, 0.15) is 49.0 Å². The van der Waals surface area contributed by atoms with E-state index in [9.17, 15) is 14.7 Å². The van der Waals surface area contributed by atoms with Crippen LogP contribution in [0.5, 0.6) is 0 Å². The molecule has 4 aromatic carbocycles. The predicted molar refractivity (Wildman–Crippen MR) is 205 cm³/mol. The van der Waals surface area contributed by atoms with Gasteiger partial charge in [0.05, 0.1) is 37.1 Å². The molecule has 0 saturated carbocycles. The van der Waals surface area contributed by atoms with Crippen LogP contribution in [-0.2, 0) is 28.7 Å². The lowest BCUT2D eigenvalue weighted by molar-refractivity contribution is -0.161. The molecule has 4 aromatic rings. The van der Waals surface area contributed by atoms with E-state index < -0.39 is 66.1 Å². The number of esters is 1. The molecule has 3 saturated heterocycles. The normalized spacial score (nSPS) is 23.7. The number of hydrogen-bond donors (Lipinski definition) is 2. The highest BCUT2D eigenvalue weighted by Crippen LogP contribution is 2.60. The Morgan fingerprint density at radius 3 is 2.31 bits per heavy atom. The molecule has 2 bridgehead atoms. The molecule has 3 fully saturated rings. The minimum absolute atomic E-state index is 0.0316. The summed E-state index contributed by atoms with van der Waals surface area (Å²) in [6, 6.07) is 29.7. The van der Waals surface area contributed by atoms with Crippen molar-refractivity contribution in [3.8, 4) is 0 Å². The maximum absolute atomic E-state index is 15.2. The van der Waals surface area contributed by atoms with E-state index in [1.165, 1.54) is 4.90 Å². The number of allylic oxidation sites excluding steroid dienone is 1. The van der Waals surface area contributed by atoms with Gasteiger partial charge in [0.1, 0.15) is 17.7 Å². The summed E-state index contributed by atoms with van der Waals surface area (Å²) in [7, 11) is 0. The molecule has 3 heterocycles. The van der Waals surface area contributed by atoms with Gasteiger partial charge in [0.2, 0.25) is 11.8 Å². The maximum atomic E-state index is 15.2. The number of rotatable bonds is 15. The molecule has 54 heavy (non-hydrogen) atoms. The number of anilines is 1. The van der Waals surface area contributed by atoms with E-state index in [0.717, 1.165) is 10.8 Å². The molecule has 3 amide bonds. The summed E-state index contributed by atoms with van der Waals surface area (Å²) in [5.41, 5.74) is 0.590. The molecule has 2 N–H and O–H groups in total. The number of amides is 3. The third kappa shape index (κ3) is 6.71. The number of carbonyl (C=O) groups excluding carboxylic acids is 4. The van der Waals surface area contributed by atoms with Crippen molar-refractivity contribution in [1.29, 1.82) is 0 Å². The zero-order valence-corrected chi connectivity index (χ0v) is 30.1. The minimum atomic E-state index is -1.36. The number of carbonyl (C=O) groups is 4. The maximum Gasteiger partial charge on any atom is 0.313 e. The molecule has 0 unspecified atom stereocenters. The van der Waals surface area contributed by atoms with Crippen LogP contribution in [0.15, 0.2) is 128 Å². The Kier molecular flexibility index (Phi) is 10.8. The van der Waals surface area contributed by atoms with Crippen LogP contribution in [0.2, 0.25) is 0 Å². The average molecular weight is 728 g/mol. The number of nitrogens with zero attached hydrogens (tertiary/aromatic N) is 2. The Labute approximate surface area is 315 Å². The van der Waals surface area contributed by atoms with Crippen molar-refractivity contribution in [2.75, 3.05) is 24.6 Å². The monoisotopic (exact) mass is 727 g/mol. The van der Waals surface area contributed by atoms with Crippen molar-refractivity contribution in [2.45, 2.75) is 55.6 Å². The Bertz CT molecular complexity index is 2040. The van der Waals surface area contributed by atoms with Crippen LogP contribution in [0, 0.1) is 11.8 Å². The Morgan fingerprint density at radius 1 is 0.944 bits per heavy atom. The summed E-state index contributed by atoms with van der Waals surface area (Å²) >= 11 is 0. The van der Waals surface area contributed by atoms with E-state index in [2.05, 4.69) is 18.5 Å². The number of ether oxygens (including phenoxy) is 2. The number of nitrogens with one attached hydrogen (secondary N) is 1. The highest BCUT2D eigenvalue weighted by molar-refractivity contribution is 6.05. The zero-order valence-electron chi connectivity index (χ0n) is 30.1.